The van der Waals surface area contributed by atoms with E-state index >= 15 is 0 Å². The summed E-state index contributed by atoms with van der Waals surface area (Å²) in [5.74, 6) is 0. The molecule has 0 aliphatic rings. The summed E-state index contributed by atoms with van der Waals surface area (Å²) in [6.07, 6.45) is 1.60. The van der Waals surface area contributed by atoms with E-state index in [4.69, 9.17) is 0 Å². The van der Waals surface area contributed by atoms with Crippen molar-refractivity contribution in [3.63, 3.8) is 0 Å². The molecule has 0 spiro atoms. The molecule has 0 saturated heterocycles. The minimum Gasteiger partial charge on any atom is -0.353 e. The molecule has 1 heterocycles. The second-order valence-electron chi connectivity index (χ2n) is 2.76. The summed E-state index contributed by atoms with van der Waals surface area (Å²) in [6, 6.07) is 5.34. The quantitative estimate of drug-likeness (QED) is 0.725. The molecule has 2 rings (SSSR count). The van der Waals surface area contributed by atoms with Crippen molar-refractivity contribution in [2.24, 2.45) is 0 Å². The minimum absolute atomic E-state index is 0.184. The fourth-order valence-electron chi connectivity index (χ4n) is 1.25. The number of fused-ring (bicyclic) bond motifs is 1. The lowest BCUT2D eigenvalue weighted by atomic mass is 10.2. The molecule has 0 unspecified atom stereocenters. The van der Waals surface area contributed by atoms with Crippen LogP contribution in [0, 0.1) is 0 Å². The van der Waals surface area contributed by atoms with Gasteiger partial charge < -0.3 is 5.32 Å². The lowest BCUT2D eigenvalue weighted by Gasteiger charge is -2.00. The van der Waals surface area contributed by atoms with Crippen LogP contribution in [0.15, 0.2) is 29.2 Å². The molecule has 0 aliphatic carbocycles. The molecule has 1 aromatic heterocycles. The minimum atomic E-state index is -0.184. The second-order valence-corrected chi connectivity index (χ2v) is 3.00. The topological polar surface area (TPSA) is 57.8 Å². The number of nitrogens with one attached hydrogen (secondary N) is 2. The van der Waals surface area contributed by atoms with E-state index in [0.29, 0.717) is 5.39 Å². The fraction of sp³-hybridized carbons (Fsp3) is 0. The molecule has 2 N–H and O–H groups in total. The van der Waals surface area contributed by atoms with Crippen molar-refractivity contribution in [3.05, 3.63) is 34.7 Å². The highest BCUT2D eigenvalue weighted by Crippen LogP contribution is 2.14. The Kier molecular flexibility index (Phi) is 2.24. The van der Waals surface area contributed by atoms with Gasteiger partial charge in [0.05, 0.1) is 17.1 Å². The summed E-state index contributed by atoms with van der Waals surface area (Å²) >= 11 is 4.66. The van der Waals surface area contributed by atoms with Crippen LogP contribution in [0.5, 0.6) is 0 Å². The zero-order chi connectivity index (χ0) is 9.97. The predicted octanol–water partition coefficient (Wildman–Crippen LogP) is 1.29. The molecule has 0 fully saturated rings. The van der Waals surface area contributed by atoms with Gasteiger partial charge in [0.15, 0.2) is 0 Å². The van der Waals surface area contributed by atoms with Crippen LogP contribution in [0.1, 0.15) is 0 Å². The van der Waals surface area contributed by atoms with Gasteiger partial charge in [-0.3, -0.25) is 4.79 Å². The van der Waals surface area contributed by atoms with Crippen LogP contribution in [0.25, 0.3) is 10.8 Å². The number of rotatable bonds is 2. The Bertz CT molecular complexity index is 535. The van der Waals surface area contributed by atoms with Gasteiger partial charge in [-0.25, -0.2) is 5.10 Å². The molecule has 0 atom stereocenters. The Morgan fingerprint density at radius 3 is 3.14 bits per heavy atom. The van der Waals surface area contributed by atoms with Crippen molar-refractivity contribution in [1.82, 2.24) is 10.2 Å². The normalized spacial score (nSPS) is 10.0. The molecule has 0 amide bonds. The van der Waals surface area contributed by atoms with E-state index in [1.165, 1.54) is 5.49 Å². The third-order valence-electron chi connectivity index (χ3n) is 1.89. The van der Waals surface area contributed by atoms with Gasteiger partial charge in [-0.15, -0.1) is 0 Å². The maximum atomic E-state index is 11.3. The molecule has 0 bridgehead atoms. The van der Waals surface area contributed by atoms with Gasteiger partial charge in [-0.2, -0.15) is 5.10 Å². The molecule has 14 heavy (non-hydrogen) atoms. The Morgan fingerprint density at radius 1 is 1.50 bits per heavy atom. The summed E-state index contributed by atoms with van der Waals surface area (Å²) in [5.41, 5.74) is 2.08. The third kappa shape index (κ3) is 1.49. The van der Waals surface area contributed by atoms with Crippen molar-refractivity contribution < 1.29 is 0 Å². The van der Waals surface area contributed by atoms with E-state index in [9.17, 15) is 4.79 Å². The van der Waals surface area contributed by atoms with E-state index in [0.717, 1.165) is 11.1 Å². The lowest BCUT2D eigenvalue weighted by Crippen LogP contribution is -2.07. The molecule has 4 nitrogen and oxygen atoms in total. The summed E-state index contributed by atoms with van der Waals surface area (Å²) in [5, 5.41) is 10.4. The van der Waals surface area contributed by atoms with Crippen molar-refractivity contribution in [2.75, 3.05) is 5.32 Å². The van der Waals surface area contributed by atoms with E-state index in [-0.39, 0.29) is 5.56 Å². The number of H-pyrrole nitrogens is 1. The highest BCUT2D eigenvalue weighted by molar-refractivity contribution is 7.79. The van der Waals surface area contributed by atoms with Crippen molar-refractivity contribution >= 4 is 34.2 Å². The van der Waals surface area contributed by atoms with Gasteiger partial charge in [-0.1, -0.05) is 12.2 Å². The molecule has 0 saturated carbocycles. The van der Waals surface area contributed by atoms with E-state index in [2.05, 4.69) is 27.7 Å². The number of nitrogens with zero attached hydrogens (tertiary/aromatic N) is 1. The van der Waals surface area contributed by atoms with E-state index in [1.807, 2.05) is 6.07 Å². The third-order valence-corrected chi connectivity index (χ3v) is 2.01. The van der Waals surface area contributed by atoms with Gasteiger partial charge in [0.25, 0.3) is 5.56 Å². The summed E-state index contributed by atoms with van der Waals surface area (Å²) < 4.78 is 0. The predicted molar refractivity (Wildman–Crippen MR) is 59.6 cm³/mol. The van der Waals surface area contributed by atoms with Crippen LogP contribution in [0.4, 0.5) is 5.69 Å². The van der Waals surface area contributed by atoms with Gasteiger partial charge in [0.2, 0.25) is 0 Å². The van der Waals surface area contributed by atoms with Crippen LogP contribution in [-0.2, 0) is 0 Å². The van der Waals surface area contributed by atoms with Crippen LogP contribution in [0.3, 0.4) is 0 Å². The van der Waals surface area contributed by atoms with Crippen molar-refractivity contribution in [2.45, 2.75) is 0 Å². The molecule has 1 aromatic carbocycles. The molecule has 70 valence electrons. The maximum Gasteiger partial charge on any atom is 0.272 e. The number of hydrogen-bond donors (Lipinski definition) is 2. The fourth-order valence-corrected chi connectivity index (χ4v) is 1.39. The molecule has 2 aromatic rings. The Morgan fingerprint density at radius 2 is 2.36 bits per heavy atom. The number of aromatic nitrogens is 2. The summed E-state index contributed by atoms with van der Waals surface area (Å²) in [6.45, 7) is 0. The number of thiocarbonyl (C=S) groups is 1. The summed E-state index contributed by atoms with van der Waals surface area (Å²) in [4.78, 5) is 11.3. The van der Waals surface area contributed by atoms with E-state index < -0.39 is 0 Å². The SMILES string of the molecule is O=c1[nH]ncc2cc(NC=S)ccc12. The van der Waals surface area contributed by atoms with Crippen molar-refractivity contribution in [1.29, 1.82) is 0 Å². The number of benzene rings is 1. The largest absolute Gasteiger partial charge is 0.353 e. The molecule has 0 radical (unpaired) electrons. The Hall–Kier alpha value is -1.75. The zero-order valence-corrected chi connectivity index (χ0v) is 7.97. The molecule has 5 heteroatoms. The van der Waals surface area contributed by atoms with Gasteiger partial charge >= 0.3 is 0 Å². The number of anilines is 1. The standard InChI is InChI=1S/C9H7N3OS/c13-9-8-2-1-7(10-5-14)3-6(8)4-11-12-9/h1-5H,(H,10,14)(H,12,13). The molecular formula is C9H7N3OS. The maximum absolute atomic E-state index is 11.3. The van der Waals surface area contributed by atoms with Gasteiger partial charge in [0, 0.05) is 11.1 Å². The first kappa shape index (κ1) is 8.83. The lowest BCUT2D eigenvalue weighted by molar-refractivity contribution is 1.01. The van der Waals surface area contributed by atoms with E-state index in [1.54, 1.807) is 18.3 Å². The summed E-state index contributed by atoms with van der Waals surface area (Å²) in [7, 11) is 0. The Balaban J connectivity index is 2.67. The van der Waals surface area contributed by atoms with Crippen LogP contribution in [-0.4, -0.2) is 15.7 Å². The average Bonchev–Trinajstić information content (AvgIpc) is 2.18. The smallest absolute Gasteiger partial charge is 0.272 e. The highest BCUT2D eigenvalue weighted by Gasteiger charge is 1.98. The van der Waals surface area contributed by atoms with Crippen LogP contribution in [0.2, 0.25) is 0 Å². The second kappa shape index (κ2) is 3.55. The molecule has 0 aliphatic heterocycles. The van der Waals surface area contributed by atoms with Crippen LogP contribution < -0.4 is 10.9 Å². The van der Waals surface area contributed by atoms with Gasteiger partial charge in [0.1, 0.15) is 0 Å². The first-order valence-electron chi connectivity index (χ1n) is 3.99. The monoisotopic (exact) mass is 205 g/mol. The van der Waals surface area contributed by atoms with Crippen molar-refractivity contribution in [3.8, 4) is 0 Å². The Labute approximate surface area is 85.0 Å². The first-order chi connectivity index (χ1) is 6.81. The molecular weight excluding hydrogens is 198 g/mol. The first-order valence-corrected chi connectivity index (χ1v) is 4.46. The average molecular weight is 205 g/mol. The van der Waals surface area contributed by atoms with Gasteiger partial charge in [-0.05, 0) is 18.2 Å². The number of hydrogen-bond acceptors (Lipinski definition) is 3. The highest BCUT2D eigenvalue weighted by atomic mass is 32.1. The number of aromatic amines is 1. The zero-order valence-electron chi connectivity index (χ0n) is 7.15. The van der Waals surface area contributed by atoms with Crippen LogP contribution >= 0.6 is 12.2 Å².